The number of nitrogens with one attached hydrogen (secondary N) is 1. The number of benzene rings is 1. The summed E-state index contributed by atoms with van der Waals surface area (Å²) in [4.78, 5) is 4.32. The first-order valence-electron chi connectivity index (χ1n) is 5.94. The van der Waals surface area contributed by atoms with Gasteiger partial charge in [-0.2, -0.15) is 0 Å². The fourth-order valence-corrected chi connectivity index (χ4v) is 2.34. The van der Waals surface area contributed by atoms with E-state index in [0.717, 1.165) is 17.8 Å². The van der Waals surface area contributed by atoms with E-state index in [-0.39, 0.29) is 0 Å². The number of aromatic nitrogens is 1. The van der Waals surface area contributed by atoms with Crippen LogP contribution in [0.3, 0.4) is 0 Å². The van der Waals surface area contributed by atoms with Crippen LogP contribution in [0.15, 0.2) is 24.3 Å². The average molecular weight is 332 g/mol. The van der Waals surface area contributed by atoms with Gasteiger partial charge in [0.1, 0.15) is 5.75 Å². The smallest absolute Gasteiger partial charge is 0.219 e. The van der Waals surface area contributed by atoms with E-state index in [2.05, 4.69) is 10.3 Å². The van der Waals surface area contributed by atoms with Crippen molar-refractivity contribution in [3.05, 3.63) is 50.6 Å². The molecule has 20 heavy (non-hydrogen) atoms. The van der Waals surface area contributed by atoms with Crippen molar-refractivity contribution in [3.8, 4) is 11.6 Å². The topological polar surface area (TPSA) is 34.2 Å². The Bertz CT molecular complexity index is 632. The fourth-order valence-electron chi connectivity index (χ4n) is 1.76. The van der Waals surface area contributed by atoms with E-state index >= 15 is 0 Å². The Labute approximate surface area is 132 Å². The predicted molar refractivity (Wildman–Crippen MR) is 83.3 cm³/mol. The molecule has 6 heteroatoms. The van der Waals surface area contributed by atoms with Crippen LogP contribution in [0, 0.1) is 6.92 Å². The van der Waals surface area contributed by atoms with Crippen LogP contribution >= 0.6 is 34.8 Å². The molecule has 0 aliphatic rings. The summed E-state index contributed by atoms with van der Waals surface area (Å²) >= 11 is 17.9. The van der Waals surface area contributed by atoms with Crippen LogP contribution in [0.5, 0.6) is 11.6 Å². The summed E-state index contributed by atoms with van der Waals surface area (Å²) in [7, 11) is 1.88. The second-order valence-electron chi connectivity index (χ2n) is 4.28. The van der Waals surface area contributed by atoms with Crippen LogP contribution < -0.4 is 10.1 Å². The minimum absolute atomic E-state index is 0.383. The van der Waals surface area contributed by atoms with Gasteiger partial charge in [-0.3, -0.25) is 0 Å². The van der Waals surface area contributed by atoms with Crippen molar-refractivity contribution < 1.29 is 4.74 Å². The molecular formula is C14H13Cl3N2O. The summed E-state index contributed by atoms with van der Waals surface area (Å²) in [5.41, 5.74) is 1.94. The minimum atomic E-state index is 0.383. The highest BCUT2D eigenvalue weighted by Gasteiger charge is 2.10. The summed E-state index contributed by atoms with van der Waals surface area (Å²) in [5.74, 6) is 0.894. The van der Waals surface area contributed by atoms with Crippen molar-refractivity contribution in [2.45, 2.75) is 13.5 Å². The maximum absolute atomic E-state index is 6.08. The lowest BCUT2D eigenvalue weighted by Gasteiger charge is -2.10. The molecule has 106 valence electrons. The average Bonchev–Trinajstić information content (AvgIpc) is 2.35. The molecule has 0 fully saturated rings. The van der Waals surface area contributed by atoms with Gasteiger partial charge < -0.3 is 10.1 Å². The van der Waals surface area contributed by atoms with E-state index < -0.39 is 0 Å². The lowest BCUT2D eigenvalue weighted by atomic mass is 10.2. The first kappa shape index (κ1) is 15.4. The van der Waals surface area contributed by atoms with Gasteiger partial charge in [0.25, 0.3) is 0 Å². The molecule has 1 aromatic heterocycles. The number of aryl methyl sites for hydroxylation is 1. The molecule has 0 unspecified atom stereocenters. The van der Waals surface area contributed by atoms with E-state index in [4.69, 9.17) is 39.5 Å². The van der Waals surface area contributed by atoms with E-state index in [0.29, 0.717) is 26.7 Å². The van der Waals surface area contributed by atoms with E-state index in [1.54, 1.807) is 12.1 Å². The first-order valence-corrected chi connectivity index (χ1v) is 7.07. The van der Waals surface area contributed by atoms with Crippen molar-refractivity contribution in [1.82, 2.24) is 10.3 Å². The Morgan fingerprint density at radius 3 is 2.45 bits per heavy atom. The highest BCUT2D eigenvalue weighted by Crippen LogP contribution is 2.36. The Morgan fingerprint density at radius 2 is 1.75 bits per heavy atom. The van der Waals surface area contributed by atoms with Gasteiger partial charge in [-0.1, -0.05) is 34.8 Å². The number of rotatable bonds is 4. The molecule has 0 bridgehead atoms. The Hall–Kier alpha value is -1.000. The molecule has 1 aromatic carbocycles. The first-order chi connectivity index (χ1) is 9.49. The molecular weight excluding hydrogens is 319 g/mol. The van der Waals surface area contributed by atoms with Gasteiger partial charge in [-0.05, 0) is 31.7 Å². The fraction of sp³-hybridized carbons (Fsp3) is 0.214. The standard InChI is InChI=1S/C14H13Cl3N2O/c1-8-3-9(7-18-2)4-14(19-8)20-13-6-11(16)10(15)5-12(13)17/h3-6,18H,7H2,1-2H3. The summed E-state index contributed by atoms with van der Waals surface area (Å²) in [6.45, 7) is 2.64. The van der Waals surface area contributed by atoms with Crippen LogP contribution in [0.1, 0.15) is 11.3 Å². The van der Waals surface area contributed by atoms with Gasteiger partial charge >= 0.3 is 0 Å². The van der Waals surface area contributed by atoms with Crippen LogP contribution in [0.25, 0.3) is 0 Å². The molecule has 0 saturated heterocycles. The molecule has 0 aliphatic heterocycles. The lowest BCUT2D eigenvalue weighted by molar-refractivity contribution is 0.461. The van der Waals surface area contributed by atoms with Gasteiger partial charge in [-0.25, -0.2) is 4.98 Å². The molecule has 0 aliphatic carbocycles. The predicted octanol–water partition coefficient (Wildman–Crippen LogP) is 4.86. The van der Waals surface area contributed by atoms with E-state index in [1.165, 1.54) is 0 Å². The maximum atomic E-state index is 6.08. The van der Waals surface area contributed by atoms with Crippen LogP contribution in [0.2, 0.25) is 15.1 Å². The third kappa shape index (κ3) is 3.76. The number of hydrogen-bond donors (Lipinski definition) is 1. The number of halogens is 3. The number of nitrogens with zero attached hydrogens (tertiary/aromatic N) is 1. The van der Waals surface area contributed by atoms with Crippen LogP contribution in [-0.2, 0) is 6.54 Å². The Morgan fingerprint density at radius 1 is 1.05 bits per heavy atom. The Kier molecular flexibility index (Phi) is 5.11. The highest BCUT2D eigenvalue weighted by molar-refractivity contribution is 6.43. The molecule has 0 amide bonds. The second kappa shape index (κ2) is 6.64. The van der Waals surface area contributed by atoms with Crippen molar-refractivity contribution in [2.75, 3.05) is 7.05 Å². The van der Waals surface area contributed by atoms with Gasteiger partial charge in [0.2, 0.25) is 5.88 Å². The third-order valence-electron chi connectivity index (χ3n) is 2.56. The molecule has 0 radical (unpaired) electrons. The van der Waals surface area contributed by atoms with Gasteiger partial charge in [0.05, 0.1) is 15.1 Å². The van der Waals surface area contributed by atoms with E-state index in [1.807, 2.05) is 26.1 Å². The van der Waals surface area contributed by atoms with E-state index in [9.17, 15) is 0 Å². The van der Waals surface area contributed by atoms with Crippen molar-refractivity contribution >= 4 is 34.8 Å². The van der Waals surface area contributed by atoms with Gasteiger partial charge in [0, 0.05) is 24.4 Å². The highest BCUT2D eigenvalue weighted by atomic mass is 35.5. The SMILES string of the molecule is CNCc1cc(C)nc(Oc2cc(Cl)c(Cl)cc2Cl)c1. The zero-order valence-electron chi connectivity index (χ0n) is 11.0. The summed E-state index contributed by atoms with van der Waals surface area (Å²) in [6, 6.07) is 6.96. The van der Waals surface area contributed by atoms with Crippen LogP contribution in [-0.4, -0.2) is 12.0 Å². The summed E-state index contributed by atoms with van der Waals surface area (Å²) in [5, 5.41) is 4.24. The Balaban J connectivity index is 2.32. The molecule has 0 spiro atoms. The molecule has 2 rings (SSSR count). The van der Waals surface area contributed by atoms with Crippen LogP contribution in [0.4, 0.5) is 0 Å². The quantitative estimate of drug-likeness (QED) is 0.812. The van der Waals surface area contributed by atoms with Crippen molar-refractivity contribution in [1.29, 1.82) is 0 Å². The zero-order chi connectivity index (χ0) is 14.7. The normalized spacial score (nSPS) is 10.7. The third-order valence-corrected chi connectivity index (χ3v) is 3.58. The monoisotopic (exact) mass is 330 g/mol. The van der Waals surface area contributed by atoms with Gasteiger partial charge in [0.15, 0.2) is 0 Å². The molecule has 1 heterocycles. The molecule has 0 saturated carbocycles. The number of hydrogen-bond acceptors (Lipinski definition) is 3. The molecule has 1 N–H and O–H groups in total. The number of pyridine rings is 1. The molecule has 0 atom stereocenters. The zero-order valence-corrected chi connectivity index (χ0v) is 13.3. The number of ether oxygens (including phenoxy) is 1. The molecule has 2 aromatic rings. The maximum Gasteiger partial charge on any atom is 0.219 e. The van der Waals surface area contributed by atoms with Gasteiger partial charge in [-0.15, -0.1) is 0 Å². The summed E-state index contributed by atoms with van der Waals surface area (Å²) < 4.78 is 5.70. The largest absolute Gasteiger partial charge is 0.437 e. The second-order valence-corrected chi connectivity index (χ2v) is 5.51. The van der Waals surface area contributed by atoms with Crippen molar-refractivity contribution in [3.63, 3.8) is 0 Å². The lowest BCUT2D eigenvalue weighted by Crippen LogP contribution is -2.06. The van der Waals surface area contributed by atoms with Crippen molar-refractivity contribution in [2.24, 2.45) is 0 Å². The molecule has 3 nitrogen and oxygen atoms in total. The minimum Gasteiger partial charge on any atom is -0.437 e. The summed E-state index contributed by atoms with van der Waals surface area (Å²) in [6.07, 6.45) is 0.